The minimum Gasteiger partial charge on any atom is -0.496 e. The van der Waals surface area contributed by atoms with Crippen molar-refractivity contribution in [2.24, 2.45) is 11.8 Å². The summed E-state index contributed by atoms with van der Waals surface area (Å²) in [4.78, 5) is 0. The maximum Gasteiger partial charge on any atom is 0.124 e. The number of methoxy groups -OCH3 is 1. The largest absolute Gasteiger partial charge is 0.496 e. The fraction of sp³-hybridized carbons (Fsp3) is 0.625. The van der Waals surface area contributed by atoms with Gasteiger partial charge in [-0.15, -0.1) is 0 Å². The molecule has 0 heterocycles. The van der Waals surface area contributed by atoms with Crippen LogP contribution in [0.1, 0.15) is 50.7 Å². The molecule has 1 aromatic rings. The van der Waals surface area contributed by atoms with Crippen molar-refractivity contribution >= 4 is 15.9 Å². The highest BCUT2D eigenvalue weighted by atomic mass is 79.9. The van der Waals surface area contributed by atoms with Gasteiger partial charge in [0, 0.05) is 10.0 Å². The van der Waals surface area contributed by atoms with Crippen molar-refractivity contribution in [3.05, 3.63) is 28.2 Å². The Morgan fingerprint density at radius 1 is 1.32 bits per heavy atom. The van der Waals surface area contributed by atoms with E-state index in [1.165, 1.54) is 19.3 Å². The normalized spacial score (nSPS) is 25.1. The van der Waals surface area contributed by atoms with Gasteiger partial charge in [-0.05, 0) is 42.9 Å². The van der Waals surface area contributed by atoms with Gasteiger partial charge in [0.25, 0.3) is 0 Å². The van der Waals surface area contributed by atoms with Crippen molar-refractivity contribution in [2.45, 2.75) is 45.1 Å². The zero-order chi connectivity index (χ0) is 13.8. The summed E-state index contributed by atoms with van der Waals surface area (Å²) in [6.45, 7) is 2.26. The lowest BCUT2D eigenvalue weighted by molar-refractivity contribution is 0.0708. The summed E-state index contributed by atoms with van der Waals surface area (Å²) in [6, 6.07) is 5.85. The molecule has 0 radical (unpaired) electrons. The number of aliphatic hydroxyl groups excluding tert-OH is 1. The third-order valence-corrected chi connectivity index (χ3v) is 4.92. The Hall–Kier alpha value is -0.540. The molecule has 106 valence electrons. The SMILES string of the molecule is CCC1CCC(C(O)c2cc(Br)ccc2OC)CC1. The smallest absolute Gasteiger partial charge is 0.124 e. The van der Waals surface area contributed by atoms with Crippen LogP contribution in [0.15, 0.2) is 22.7 Å². The molecule has 0 aliphatic heterocycles. The maximum atomic E-state index is 10.6. The molecule has 0 amide bonds. The van der Waals surface area contributed by atoms with Crippen molar-refractivity contribution in [3.8, 4) is 5.75 Å². The van der Waals surface area contributed by atoms with Gasteiger partial charge >= 0.3 is 0 Å². The Kier molecular flexibility index (Phi) is 5.28. The van der Waals surface area contributed by atoms with E-state index in [-0.39, 0.29) is 0 Å². The Morgan fingerprint density at radius 2 is 2.00 bits per heavy atom. The van der Waals surface area contributed by atoms with Crippen LogP contribution in [0.5, 0.6) is 5.75 Å². The van der Waals surface area contributed by atoms with Crippen LogP contribution in [0.2, 0.25) is 0 Å². The molecule has 0 saturated heterocycles. The number of rotatable bonds is 4. The number of halogens is 1. The van der Waals surface area contributed by atoms with Crippen LogP contribution < -0.4 is 4.74 Å². The molecule has 1 saturated carbocycles. The molecule has 1 aliphatic rings. The van der Waals surface area contributed by atoms with Crippen molar-refractivity contribution in [1.29, 1.82) is 0 Å². The molecule has 19 heavy (non-hydrogen) atoms. The number of hydrogen-bond donors (Lipinski definition) is 1. The van der Waals surface area contributed by atoms with E-state index < -0.39 is 6.10 Å². The van der Waals surface area contributed by atoms with Gasteiger partial charge in [-0.1, -0.05) is 42.1 Å². The average molecular weight is 327 g/mol. The lowest BCUT2D eigenvalue weighted by atomic mass is 9.77. The predicted molar refractivity (Wildman–Crippen MR) is 81.4 cm³/mol. The van der Waals surface area contributed by atoms with E-state index >= 15 is 0 Å². The first-order valence-corrected chi connectivity index (χ1v) is 7.96. The Morgan fingerprint density at radius 3 is 2.58 bits per heavy atom. The molecule has 1 fully saturated rings. The molecule has 3 heteroatoms. The van der Waals surface area contributed by atoms with Gasteiger partial charge in [0.05, 0.1) is 13.2 Å². The van der Waals surface area contributed by atoms with Crippen LogP contribution in [0.4, 0.5) is 0 Å². The zero-order valence-electron chi connectivity index (χ0n) is 11.7. The highest BCUT2D eigenvalue weighted by molar-refractivity contribution is 9.10. The molecule has 2 rings (SSSR count). The van der Waals surface area contributed by atoms with Gasteiger partial charge < -0.3 is 9.84 Å². The minimum absolute atomic E-state index is 0.367. The highest BCUT2D eigenvalue weighted by Crippen LogP contribution is 2.40. The first-order chi connectivity index (χ1) is 9.15. The summed E-state index contributed by atoms with van der Waals surface area (Å²) in [7, 11) is 1.66. The Bertz CT molecular complexity index is 411. The van der Waals surface area contributed by atoms with Crippen LogP contribution in [0, 0.1) is 11.8 Å². The van der Waals surface area contributed by atoms with E-state index in [4.69, 9.17) is 4.74 Å². The van der Waals surface area contributed by atoms with Crippen LogP contribution in [-0.2, 0) is 0 Å². The maximum absolute atomic E-state index is 10.6. The fourth-order valence-corrected chi connectivity index (χ4v) is 3.48. The van der Waals surface area contributed by atoms with Crippen LogP contribution in [0.3, 0.4) is 0 Å². The quantitative estimate of drug-likeness (QED) is 0.868. The first-order valence-electron chi connectivity index (χ1n) is 7.17. The summed E-state index contributed by atoms with van der Waals surface area (Å²) < 4.78 is 6.36. The molecule has 1 aliphatic carbocycles. The van der Waals surface area contributed by atoms with Crippen LogP contribution in [0.25, 0.3) is 0 Å². The molecule has 2 nitrogen and oxygen atoms in total. The fourth-order valence-electron chi connectivity index (χ4n) is 3.10. The van der Waals surface area contributed by atoms with Gasteiger partial charge in [0.1, 0.15) is 5.75 Å². The summed E-state index contributed by atoms with van der Waals surface area (Å²) >= 11 is 3.47. The molecular weight excluding hydrogens is 304 g/mol. The molecule has 1 unspecified atom stereocenters. The molecule has 1 atom stereocenters. The van der Waals surface area contributed by atoms with E-state index in [1.54, 1.807) is 7.11 Å². The van der Waals surface area contributed by atoms with Crippen LogP contribution >= 0.6 is 15.9 Å². The van der Waals surface area contributed by atoms with Crippen molar-refractivity contribution in [1.82, 2.24) is 0 Å². The highest BCUT2D eigenvalue weighted by Gasteiger charge is 2.28. The van der Waals surface area contributed by atoms with Gasteiger partial charge in [0.15, 0.2) is 0 Å². The number of ether oxygens (including phenoxy) is 1. The molecule has 1 aromatic carbocycles. The van der Waals surface area contributed by atoms with Crippen molar-refractivity contribution < 1.29 is 9.84 Å². The molecule has 0 aromatic heterocycles. The summed E-state index contributed by atoms with van der Waals surface area (Å²) in [5, 5.41) is 10.6. The predicted octanol–water partition coefficient (Wildman–Crippen LogP) is 4.71. The first kappa shape index (κ1) is 14.9. The average Bonchev–Trinajstić information content (AvgIpc) is 2.46. The van der Waals surface area contributed by atoms with E-state index in [9.17, 15) is 5.11 Å². The number of hydrogen-bond acceptors (Lipinski definition) is 2. The topological polar surface area (TPSA) is 29.5 Å². The van der Waals surface area contributed by atoms with Gasteiger partial charge in [-0.2, -0.15) is 0 Å². The summed E-state index contributed by atoms with van der Waals surface area (Å²) in [6.07, 6.45) is 5.59. The van der Waals surface area contributed by atoms with E-state index in [2.05, 4.69) is 22.9 Å². The minimum atomic E-state index is -0.412. The molecule has 0 bridgehead atoms. The van der Waals surface area contributed by atoms with Crippen LogP contribution in [-0.4, -0.2) is 12.2 Å². The van der Waals surface area contributed by atoms with E-state index in [0.29, 0.717) is 5.92 Å². The number of benzene rings is 1. The van der Waals surface area contributed by atoms with Gasteiger partial charge in [0.2, 0.25) is 0 Å². The van der Waals surface area contributed by atoms with E-state index in [1.807, 2.05) is 18.2 Å². The summed E-state index contributed by atoms with van der Waals surface area (Å²) in [5.41, 5.74) is 0.914. The zero-order valence-corrected chi connectivity index (χ0v) is 13.3. The molecular formula is C16H23BrO2. The Balaban J connectivity index is 2.11. The molecule has 1 N–H and O–H groups in total. The summed E-state index contributed by atoms with van der Waals surface area (Å²) in [5.74, 6) is 2.01. The lowest BCUT2D eigenvalue weighted by Crippen LogP contribution is -2.20. The monoisotopic (exact) mass is 326 g/mol. The third-order valence-electron chi connectivity index (χ3n) is 4.43. The third kappa shape index (κ3) is 3.51. The second-order valence-corrected chi connectivity index (χ2v) is 6.44. The van der Waals surface area contributed by atoms with Crippen molar-refractivity contribution in [3.63, 3.8) is 0 Å². The van der Waals surface area contributed by atoms with Gasteiger partial charge in [-0.25, -0.2) is 0 Å². The lowest BCUT2D eigenvalue weighted by Gasteiger charge is -2.31. The van der Waals surface area contributed by atoms with E-state index in [0.717, 1.165) is 34.5 Å². The number of aliphatic hydroxyl groups is 1. The van der Waals surface area contributed by atoms with Gasteiger partial charge in [-0.3, -0.25) is 0 Å². The second-order valence-electron chi connectivity index (χ2n) is 5.52. The van der Waals surface area contributed by atoms with Crippen molar-refractivity contribution in [2.75, 3.05) is 7.11 Å². The second kappa shape index (κ2) is 6.76. The standard InChI is InChI=1S/C16H23BrO2/c1-3-11-4-6-12(7-5-11)16(18)14-10-13(17)8-9-15(14)19-2/h8-12,16,18H,3-7H2,1-2H3. The Labute approximate surface area is 124 Å². The molecule has 0 spiro atoms.